The second-order valence-electron chi connectivity index (χ2n) is 12.3. The molecule has 9 rings (SSSR count). The normalized spacial score (nSPS) is 14.4. The van der Waals surface area contributed by atoms with Gasteiger partial charge in [-0.3, -0.25) is 0 Å². The summed E-state index contributed by atoms with van der Waals surface area (Å²) in [6.45, 7) is 2.32. The lowest BCUT2D eigenvalue weighted by molar-refractivity contribution is 0.718. The first kappa shape index (κ1) is 25.9. The minimum absolute atomic E-state index is 0.515. The highest BCUT2D eigenvalue weighted by molar-refractivity contribution is 6.10. The Labute approximate surface area is 263 Å². The maximum Gasteiger partial charge on any atom is 0.0541 e. The monoisotopic (exact) mass is 576 g/mol. The fraction of sp³-hybridized carbons (Fsp3) is 0.0698. The summed E-state index contributed by atoms with van der Waals surface area (Å²) in [5.41, 5.74) is 13.8. The third-order valence-electron chi connectivity index (χ3n) is 9.47. The Hall–Kier alpha value is -5.60. The fourth-order valence-corrected chi connectivity index (χ4v) is 7.31. The molecule has 0 saturated carbocycles. The zero-order chi connectivity index (χ0) is 29.9. The van der Waals surface area contributed by atoms with Crippen molar-refractivity contribution in [2.24, 2.45) is 5.92 Å². The van der Waals surface area contributed by atoms with Crippen molar-refractivity contribution in [2.45, 2.75) is 13.3 Å². The van der Waals surface area contributed by atoms with E-state index in [9.17, 15) is 0 Å². The number of nitrogens with zero attached hydrogens (tertiary/aromatic N) is 2. The van der Waals surface area contributed by atoms with Crippen molar-refractivity contribution in [3.63, 3.8) is 0 Å². The summed E-state index contributed by atoms with van der Waals surface area (Å²) in [5.74, 6) is 0.515. The van der Waals surface area contributed by atoms with E-state index in [4.69, 9.17) is 0 Å². The van der Waals surface area contributed by atoms with Crippen LogP contribution in [0.15, 0.2) is 152 Å². The second-order valence-corrected chi connectivity index (χ2v) is 12.3. The minimum Gasteiger partial charge on any atom is -0.310 e. The molecule has 6 aromatic carbocycles. The Morgan fingerprint density at radius 2 is 1.02 bits per heavy atom. The van der Waals surface area contributed by atoms with Crippen LogP contribution in [-0.2, 0) is 6.42 Å². The molecular weight excluding hydrogens is 544 g/mol. The molecule has 0 saturated heterocycles. The molecule has 45 heavy (non-hydrogen) atoms. The average Bonchev–Trinajstić information content (AvgIpc) is 3.61. The van der Waals surface area contributed by atoms with E-state index < -0.39 is 0 Å². The summed E-state index contributed by atoms with van der Waals surface area (Å²) in [6, 6.07) is 53.1. The van der Waals surface area contributed by atoms with E-state index in [0.29, 0.717) is 5.92 Å². The van der Waals surface area contributed by atoms with Gasteiger partial charge in [0.05, 0.1) is 16.6 Å². The molecule has 2 heteroatoms. The van der Waals surface area contributed by atoms with E-state index in [1.165, 1.54) is 77.6 Å². The van der Waals surface area contributed by atoms with Crippen LogP contribution in [0.25, 0.3) is 72.4 Å². The average molecular weight is 577 g/mol. The Morgan fingerprint density at radius 1 is 0.467 bits per heavy atom. The molecule has 1 aliphatic carbocycles. The van der Waals surface area contributed by atoms with E-state index in [0.717, 1.165) is 6.42 Å². The molecule has 0 spiro atoms. The molecule has 1 aliphatic rings. The summed E-state index contributed by atoms with van der Waals surface area (Å²) in [6.07, 6.45) is 5.73. The predicted octanol–water partition coefficient (Wildman–Crippen LogP) is 11.3. The van der Waals surface area contributed by atoms with Gasteiger partial charge in [0.2, 0.25) is 0 Å². The first-order valence-electron chi connectivity index (χ1n) is 15.8. The highest BCUT2D eigenvalue weighted by atomic mass is 15.0. The second kappa shape index (κ2) is 10.2. The number of benzene rings is 6. The third kappa shape index (κ3) is 4.17. The van der Waals surface area contributed by atoms with Gasteiger partial charge in [-0.15, -0.1) is 0 Å². The molecule has 0 N–H and O–H groups in total. The topological polar surface area (TPSA) is 9.86 Å². The Bertz CT molecular complexity index is 2390. The van der Waals surface area contributed by atoms with Crippen LogP contribution in [-0.4, -0.2) is 9.13 Å². The van der Waals surface area contributed by atoms with Gasteiger partial charge in [-0.1, -0.05) is 104 Å². The van der Waals surface area contributed by atoms with E-state index in [1.807, 2.05) is 0 Å². The van der Waals surface area contributed by atoms with Crippen molar-refractivity contribution < 1.29 is 0 Å². The van der Waals surface area contributed by atoms with Crippen LogP contribution >= 0.6 is 0 Å². The Morgan fingerprint density at radius 3 is 1.78 bits per heavy atom. The van der Waals surface area contributed by atoms with Crippen molar-refractivity contribution >= 4 is 38.8 Å². The Kier molecular flexibility index (Phi) is 5.89. The largest absolute Gasteiger partial charge is 0.310 e. The van der Waals surface area contributed by atoms with Gasteiger partial charge in [-0.2, -0.15) is 0 Å². The van der Waals surface area contributed by atoms with Crippen LogP contribution in [0, 0.1) is 5.92 Å². The molecule has 2 nitrogen and oxygen atoms in total. The predicted molar refractivity (Wildman–Crippen MR) is 190 cm³/mol. The molecule has 0 fully saturated rings. The van der Waals surface area contributed by atoms with Crippen LogP contribution < -0.4 is 0 Å². The summed E-state index contributed by atoms with van der Waals surface area (Å²) in [7, 11) is 0. The molecule has 2 aromatic heterocycles. The zero-order valence-corrected chi connectivity index (χ0v) is 25.2. The maximum atomic E-state index is 2.45. The third-order valence-corrected chi connectivity index (χ3v) is 9.47. The van der Waals surface area contributed by atoms with E-state index >= 15 is 0 Å². The zero-order valence-electron chi connectivity index (χ0n) is 25.2. The van der Waals surface area contributed by atoms with Crippen molar-refractivity contribution in [1.82, 2.24) is 9.13 Å². The first-order chi connectivity index (χ1) is 22.2. The van der Waals surface area contributed by atoms with Gasteiger partial charge in [0.1, 0.15) is 0 Å². The number of hydrogen-bond acceptors (Lipinski definition) is 0. The summed E-state index contributed by atoms with van der Waals surface area (Å²) < 4.78 is 4.83. The van der Waals surface area contributed by atoms with Crippen LogP contribution in [0.5, 0.6) is 0 Å². The van der Waals surface area contributed by atoms with Gasteiger partial charge in [-0.25, -0.2) is 0 Å². The van der Waals surface area contributed by atoms with E-state index in [-0.39, 0.29) is 0 Å². The quantitative estimate of drug-likeness (QED) is 0.197. The lowest BCUT2D eigenvalue weighted by Crippen LogP contribution is -2.05. The van der Waals surface area contributed by atoms with Crippen LogP contribution in [0.1, 0.15) is 18.2 Å². The molecule has 0 amide bonds. The van der Waals surface area contributed by atoms with E-state index in [2.05, 4.69) is 174 Å². The standard InChI is InChI=1S/C43H32N2/c1-29-16-23-41-37(26-29)39-28-33(20-25-43(39)45(41)35-21-17-31(18-22-35)30-10-4-2-5-11-30)32-19-24-42-38(27-32)36-14-8-9-15-40(36)44(42)34-12-6-3-7-13-34/h2-25,27-29H,26H2,1H3. The number of rotatable bonds is 4. The number of aromatic nitrogens is 2. The van der Waals surface area contributed by atoms with Crippen LogP contribution in [0.3, 0.4) is 0 Å². The number of para-hydroxylation sites is 2. The van der Waals surface area contributed by atoms with Gasteiger partial charge in [-0.05, 0) is 101 Å². The molecule has 2 heterocycles. The Balaban J connectivity index is 1.20. The van der Waals surface area contributed by atoms with Crippen LogP contribution in [0.2, 0.25) is 0 Å². The van der Waals surface area contributed by atoms with E-state index in [1.54, 1.807) is 0 Å². The summed E-state index contributed by atoms with van der Waals surface area (Å²) >= 11 is 0. The lowest BCUT2D eigenvalue weighted by Gasteiger charge is -2.15. The summed E-state index contributed by atoms with van der Waals surface area (Å²) in [4.78, 5) is 0. The molecule has 0 aliphatic heterocycles. The molecular formula is C43H32N2. The van der Waals surface area contributed by atoms with Crippen molar-refractivity contribution in [1.29, 1.82) is 0 Å². The van der Waals surface area contributed by atoms with Gasteiger partial charge >= 0.3 is 0 Å². The molecule has 0 bridgehead atoms. The molecule has 214 valence electrons. The highest BCUT2D eigenvalue weighted by Gasteiger charge is 2.22. The van der Waals surface area contributed by atoms with Gasteiger partial charge in [0, 0.05) is 33.2 Å². The van der Waals surface area contributed by atoms with Crippen molar-refractivity contribution in [3.8, 4) is 33.6 Å². The molecule has 1 unspecified atom stereocenters. The fourth-order valence-electron chi connectivity index (χ4n) is 7.31. The minimum atomic E-state index is 0.515. The first-order valence-corrected chi connectivity index (χ1v) is 15.8. The smallest absolute Gasteiger partial charge is 0.0541 e. The number of allylic oxidation sites excluding steroid dienone is 1. The maximum absolute atomic E-state index is 2.45. The molecule has 1 atom stereocenters. The highest BCUT2D eigenvalue weighted by Crippen LogP contribution is 2.39. The SMILES string of the molecule is CC1C=Cc2c(c3cc(-c4ccc5c(c4)c4ccccc4n5-c4ccccc4)ccc3n2-c2ccc(-c3ccccc3)cc2)C1. The van der Waals surface area contributed by atoms with Gasteiger partial charge < -0.3 is 9.13 Å². The molecule has 8 aromatic rings. The number of hydrogen-bond donors (Lipinski definition) is 0. The number of fused-ring (bicyclic) bond motifs is 6. The van der Waals surface area contributed by atoms with Gasteiger partial charge in [0.25, 0.3) is 0 Å². The molecule has 0 radical (unpaired) electrons. The van der Waals surface area contributed by atoms with Crippen molar-refractivity contribution in [2.75, 3.05) is 0 Å². The van der Waals surface area contributed by atoms with Crippen molar-refractivity contribution in [3.05, 3.63) is 163 Å². The van der Waals surface area contributed by atoms with Crippen LogP contribution in [0.4, 0.5) is 0 Å². The lowest BCUT2D eigenvalue weighted by atomic mass is 9.92. The summed E-state index contributed by atoms with van der Waals surface area (Å²) in [5, 5.41) is 3.90. The van der Waals surface area contributed by atoms with Gasteiger partial charge in [0.15, 0.2) is 0 Å².